The summed E-state index contributed by atoms with van der Waals surface area (Å²) in [5, 5.41) is 242. The molecule has 464 valence electrons. The van der Waals surface area contributed by atoms with E-state index in [1.807, 2.05) is 0 Å². The van der Waals surface area contributed by atoms with Crippen molar-refractivity contribution < 1.29 is 174 Å². The molecule has 21 heterocycles. The van der Waals surface area contributed by atoms with E-state index in [1.165, 1.54) is 6.07 Å². The molecule has 21 fully saturated rings. The van der Waals surface area contributed by atoms with E-state index >= 15 is 0 Å². The van der Waals surface area contributed by atoms with Gasteiger partial charge in [0.25, 0.3) is 0 Å². The van der Waals surface area contributed by atoms with Gasteiger partial charge in [-0.25, -0.2) is 6.57 Å². The molecular weight excluding hydrogens is 1120 g/mol. The van der Waals surface area contributed by atoms with Crippen LogP contribution in [-0.4, -0.2) is 368 Å². The molecule has 37 nitrogen and oxygen atoms in total. The fourth-order valence-electron chi connectivity index (χ4n) is 10.7. The Labute approximate surface area is 456 Å². The number of aliphatic hydroxyl groups excluding tert-OH is 21. The lowest BCUT2D eigenvalue weighted by Crippen LogP contribution is -2.69. The Morgan fingerprint density at radius 2 is 0.506 bits per heavy atom. The van der Waals surface area contributed by atoms with Crippen LogP contribution in [0.3, 0.4) is 0 Å². The Bertz CT molecular complexity index is 2070. The lowest BCUT2D eigenvalue weighted by atomic mass is 9.93. The van der Waals surface area contributed by atoms with E-state index in [0.717, 1.165) is 0 Å². The summed E-state index contributed by atoms with van der Waals surface area (Å²) in [4.78, 5) is 2.94. The number of hydrogen-bond acceptors (Lipinski definition) is 36. The summed E-state index contributed by atoms with van der Waals surface area (Å²) >= 11 is 0. The third kappa shape index (κ3) is 12.6. The van der Waals surface area contributed by atoms with Crippen molar-refractivity contribution in [2.24, 2.45) is 0 Å². The molecule has 37 atom stereocenters. The van der Waals surface area contributed by atoms with Crippen LogP contribution in [0, 0.1) is 17.9 Å². The zero-order valence-corrected chi connectivity index (χ0v) is 41.9. The van der Waals surface area contributed by atoms with Crippen LogP contribution in [-0.2, 0) is 66.3 Å². The minimum absolute atomic E-state index is 1.09. The molecule has 0 spiro atoms. The first-order valence-electron chi connectivity index (χ1n) is 25.3. The average molecular weight is 1190 g/mol. The van der Waals surface area contributed by atoms with Crippen LogP contribution < -0.4 is 0 Å². The first-order valence-corrected chi connectivity index (χ1v) is 25.3. The fourth-order valence-corrected chi connectivity index (χ4v) is 10.7. The second-order valence-corrected chi connectivity index (χ2v) is 20.3. The monoisotopic (exact) mass is 1180 g/mol. The number of nitriles is 1. The van der Waals surface area contributed by atoms with Crippen molar-refractivity contribution in [1.82, 2.24) is 0 Å². The second kappa shape index (κ2) is 27.1. The standard InChI is InChI=1S/C44H68N2O35/c1-46-37(67)36-35-20(59)27(66)44(81-36)78-33-13(7-51)70-40(23(62)16(33)55)75-30-10(4-48)71-41(24(63)17(30)56)79-34-19(58)26(65)43(73-28(34)8(52)2-45)77-32-12(6-50)69-39(22(61)15(32)54)74-29-9(3-47)68-38(21(60)14(29)53)76-31-11(5-49)72-42(80-35)25(64)18(31)57/h8-44,47-67H,3-7H2/t8-,9-,10-,11-,12-,13-,14?,15?,16?,17?,18?,19?,20?,21?,22?,23?,24?,25?,26?,27?,28-,29+,30+,31+,32+,33+,34-,35-,36+,37+,38-,39-,40+,41-,42-,43-,44+/m1/s1. The number of rotatable bonds is 7. The number of ether oxygens (including phenoxy) is 14. The van der Waals surface area contributed by atoms with Gasteiger partial charge >= 0.3 is 6.23 Å². The predicted molar refractivity (Wildman–Crippen MR) is 238 cm³/mol. The van der Waals surface area contributed by atoms with E-state index in [0.29, 0.717) is 0 Å². The SMILES string of the molecule is [C-]#[N+][C@@H](O)[C@H]1O[C@@H]2O[C@@H]3C(O)C(O)[C@H](O[C@@H]4C(O)C(O)[C@@H](O[C@@H]5C(O)C(O)[C@H](O[C@@H]5[C@H](O)C#N)O[C@@H]5C(O)C(O)[C@@H](O[C@@H]6C(O)C(O)[C@@H](O[C@@H]7C(O)C(O)[C@@H](O[C@@H]1C(O)C2O)O[C@@H]7CO)O[C@@H]6CO)O[C@@H]5CO)O[C@@H]4CO)O[C@@H]3CO. The van der Waals surface area contributed by atoms with Gasteiger partial charge in [-0.05, 0) is 0 Å². The van der Waals surface area contributed by atoms with Gasteiger partial charge in [-0.15, -0.1) is 0 Å². The van der Waals surface area contributed by atoms with E-state index in [9.17, 15) is 112 Å². The van der Waals surface area contributed by atoms with Crippen LogP contribution in [0.1, 0.15) is 0 Å². The van der Waals surface area contributed by atoms with Crippen LogP contribution in [0.2, 0.25) is 0 Å². The number of nitrogens with zero attached hydrogens (tertiary/aromatic N) is 2. The quantitative estimate of drug-likeness (QED) is 0.0831. The molecule has 21 aliphatic heterocycles. The molecule has 21 aliphatic rings. The summed E-state index contributed by atoms with van der Waals surface area (Å²) in [5.74, 6) is 0. The maximum absolute atomic E-state index is 11.4. The summed E-state index contributed by atoms with van der Waals surface area (Å²) in [6, 6.07) is 1.41. The molecule has 0 radical (unpaired) electrons. The second-order valence-electron chi connectivity index (χ2n) is 20.3. The topological polar surface area (TPSA) is 582 Å². The van der Waals surface area contributed by atoms with Gasteiger partial charge in [-0.3, -0.25) is 4.85 Å². The third-order valence-corrected chi connectivity index (χ3v) is 15.2. The van der Waals surface area contributed by atoms with Crippen LogP contribution >= 0.6 is 0 Å². The van der Waals surface area contributed by atoms with Crippen LogP contribution in [0.5, 0.6) is 0 Å². The van der Waals surface area contributed by atoms with Gasteiger partial charge < -0.3 is 174 Å². The Morgan fingerprint density at radius 3 is 0.728 bits per heavy atom. The average Bonchev–Trinajstić information content (AvgIpc) is 3.49. The molecule has 0 aliphatic carbocycles. The number of aliphatic hydroxyl groups is 21. The van der Waals surface area contributed by atoms with E-state index in [4.69, 9.17) is 72.9 Å². The first kappa shape index (κ1) is 64.6. The summed E-state index contributed by atoms with van der Waals surface area (Å²) in [5.41, 5.74) is 0. The minimum Gasteiger partial charge on any atom is -0.394 e. The van der Waals surface area contributed by atoms with Gasteiger partial charge in [0.05, 0.1) is 39.1 Å². The van der Waals surface area contributed by atoms with Gasteiger partial charge in [0, 0.05) is 0 Å². The highest BCUT2D eigenvalue weighted by Gasteiger charge is 2.61. The predicted octanol–water partition coefficient (Wildman–Crippen LogP) is -15.1. The van der Waals surface area contributed by atoms with Crippen molar-refractivity contribution in [1.29, 1.82) is 5.26 Å². The Morgan fingerprint density at radius 1 is 0.309 bits per heavy atom. The molecule has 14 unspecified atom stereocenters. The summed E-state index contributed by atoms with van der Waals surface area (Å²) < 4.78 is 79.3. The Balaban J connectivity index is 1.11. The lowest BCUT2D eigenvalue weighted by Gasteiger charge is -2.50. The maximum Gasteiger partial charge on any atom is 0.354 e. The van der Waals surface area contributed by atoms with Crippen molar-refractivity contribution in [3.05, 3.63) is 11.4 Å². The normalized spacial score (nSPS) is 53.8. The zero-order chi connectivity index (χ0) is 59.2. The van der Waals surface area contributed by atoms with Gasteiger partial charge in [-0.2, -0.15) is 5.26 Å². The van der Waals surface area contributed by atoms with E-state index in [1.54, 1.807) is 0 Å². The summed E-state index contributed by atoms with van der Waals surface area (Å²) in [7, 11) is 0. The van der Waals surface area contributed by atoms with Crippen LogP contribution in [0.25, 0.3) is 4.85 Å². The number of hydrogen-bond donors (Lipinski definition) is 21. The molecule has 0 aromatic heterocycles. The van der Waals surface area contributed by atoms with Gasteiger partial charge in [0.1, 0.15) is 165 Å². The molecule has 0 amide bonds. The van der Waals surface area contributed by atoms with Crippen molar-refractivity contribution in [3.8, 4) is 6.07 Å². The van der Waals surface area contributed by atoms with E-state index in [2.05, 4.69) is 4.85 Å². The third-order valence-electron chi connectivity index (χ3n) is 15.2. The summed E-state index contributed by atoms with van der Waals surface area (Å²) in [6.07, 6.45) is -79.4. The Hall–Kier alpha value is -2.42. The lowest BCUT2D eigenvalue weighted by molar-refractivity contribution is -0.398. The maximum atomic E-state index is 11.4. The fraction of sp³-hybridized carbons (Fsp3) is 0.955. The highest BCUT2D eigenvalue weighted by Crippen LogP contribution is 2.39. The molecule has 37 heteroatoms. The van der Waals surface area contributed by atoms with Gasteiger partial charge in [0.2, 0.25) is 0 Å². The van der Waals surface area contributed by atoms with Crippen molar-refractivity contribution >= 4 is 0 Å². The van der Waals surface area contributed by atoms with Crippen LogP contribution in [0.4, 0.5) is 0 Å². The largest absolute Gasteiger partial charge is 0.394 e. The van der Waals surface area contributed by atoms with E-state index in [-0.39, 0.29) is 0 Å². The first-order chi connectivity index (χ1) is 38.5. The molecule has 21 N–H and O–H groups in total. The molecule has 81 heavy (non-hydrogen) atoms. The van der Waals surface area contributed by atoms with Gasteiger partial charge in [0.15, 0.2) is 56.2 Å². The molecule has 14 bridgehead atoms. The van der Waals surface area contributed by atoms with Crippen molar-refractivity contribution in [2.45, 2.75) is 227 Å². The molecule has 0 saturated carbocycles. The molecular formula is C44H68N2O35. The zero-order valence-electron chi connectivity index (χ0n) is 41.9. The van der Waals surface area contributed by atoms with Crippen LogP contribution in [0.15, 0.2) is 0 Å². The molecule has 21 rings (SSSR count). The van der Waals surface area contributed by atoms with E-state index < -0.39 is 260 Å². The highest BCUT2D eigenvalue weighted by atomic mass is 16.8. The molecule has 0 aromatic rings. The highest BCUT2D eigenvalue weighted by molar-refractivity contribution is 5.05. The van der Waals surface area contributed by atoms with Gasteiger partial charge in [-0.1, -0.05) is 0 Å². The molecule has 0 aromatic carbocycles. The Kier molecular flexibility index (Phi) is 21.6. The van der Waals surface area contributed by atoms with Crippen molar-refractivity contribution in [2.75, 3.05) is 33.0 Å². The smallest absolute Gasteiger partial charge is 0.354 e. The molecule has 21 saturated heterocycles. The minimum atomic E-state index is -2.35. The van der Waals surface area contributed by atoms with Crippen molar-refractivity contribution in [3.63, 3.8) is 0 Å². The summed E-state index contributed by atoms with van der Waals surface area (Å²) in [6.45, 7) is 1.92.